The molecule has 0 atom stereocenters. The first-order chi connectivity index (χ1) is 9.56. The summed E-state index contributed by atoms with van der Waals surface area (Å²) in [6.45, 7) is 6.88. The lowest BCUT2D eigenvalue weighted by Crippen LogP contribution is -2.16. The maximum Gasteiger partial charge on any atom is 0.265 e. The fraction of sp³-hybridized carbons (Fsp3) is 0.571. The summed E-state index contributed by atoms with van der Waals surface area (Å²) >= 11 is 5.73. The molecule has 118 valence electrons. The Balaban J connectivity index is 0. The molecule has 0 aliphatic rings. The monoisotopic (exact) mass is 313 g/mol. The van der Waals surface area contributed by atoms with Gasteiger partial charge in [0.15, 0.2) is 0 Å². The zero-order valence-corrected chi connectivity index (χ0v) is 13.3. The van der Waals surface area contributed by atoms with Gasteiger partial charge < -0.3 is 10.1 Å². The van der Waals surface area contributed by atoms with Crippen LogP contribution in [0.5, 0.6) is 5.75 Å². The Morgan fingerprint density at radius 1 is 1.25 bits per heavy atom. The third-order valence-electron chi connectivity index (χ3n) is 2.14. The van der Waals surface area contributed by atoms with Gasteiger partial charge in [0.2, 0.25) is 0 Å². The number of benzene rings is 1. The topological polar surface area (TPSA) is 21.3 Å². The Labute approximate surface area is 124 Å². The van der Waals surface area contributed by atoms with E-state index in [4.69, 9.17) is 16.3 Å². The van der Waals surface area contributed by atoms with Crippen LogP contribution in [0, 0.1) is 6.92 Å². The number of ether oxygens (including phenoxy) is 1. The van der Waals surface area contributed by atoms with Crippen LogP contribution in [0.2, 0.25) is 5.02 Å². The predicted molar refractivity (Wildman–Crippen MR) is 78.9 cm³/mol. The number of halogens is 4. The van der Waals surface area contributed by atoms with Crippen LogP contribution in [0.4, 0.5) is 13.2 Å². The van der Waals surface area contributed by atoms with Gasteiger partial charge >= 0.3 is 0 Å². The molecule has 6 heteroatoms. The summed E-state index contributed by atoms with van der Waals surface area (Å²) in [6.07, 6.45) is -2.56. The average molecular weight is 314 g/mol. The van der Waals surface area contributed by atoms with Crippen LogP contribution >= 0.6 is 11.6 Å². The Kier molecular flexibility index (Phi) is 14.0. The molecule has 0 unspecified atom stereocenters. The molecular formula is C14H23ClF3NO. The first-order valence-corrected chi connectivity index (χ1v) is 6.67. The molecule has 1 aromatic rings. The van der Waals surface area contributed by atoms with E-state index in [2.05, 4.69) is 5.32 Å². The van der Waals surface area contributed by atoms with Crippen LogP contribution in [0.15, 0.2) is 12.1 Å². The highest BCUT2D eigenvalue weighted by molar-refractivity contribution is 6.31. The number of hydrogen-bond acceptors (Lipinski definition) is 2. The summed E-state index contributed by atoms with van der Waals surface area (Å²) in [4.78, 5) is 0. The Morgan fingerprint density at radius 3 is 2.25 bits per heavy atom. The second-order valence-corrected chi connectivity index (χ2v) is 3.80. The third-order valence-corrected chi connectivity index (χ3v) is 2.47. The summed E-state index contributed by atoms with van der Waals surface area (Å²) in [5.41, 5.74) is 0.510. The van der Waals surface area contributed by atoms with E-state index >= 15 is 0 Å². The fourth-order valence-electron chi connectivity index (χ4n) is 1.27. The van der Waals surface area contributed by atoms with Crippen molar-refractivity contribution in [1.82, 2.24) is 5.32 Å². The second-order valence-electron chi connectivity index (χ2n) is 3.39. The van der Waals surface area contributed by atoms with E-state index < -0.39 is 6.43 Å². The number of nitrogens with one attached hydrogen (secondary N) is 1. The molecule has 0 fully saturated rings. The molecule has 1 aromatic carbocycles. The molecule has 0 spiro atoms. The SMILES string of the molecule is CC.CF.CNCCOc1cc(Cl)c(C(F)F)cc1C. The van der Waals surface area contributed by atoms with Crippen molar-refractivity contribution >= 4 is 11.6 Å². The minimum absolute atomic E-state index is 0.0417. The van der Waals surface area contributed by atoms with Crippen LogP contribution in [0.25, 0.3) is 0 Å². The fourth-order valence-corrected chi connectivity index (χ4v) is 1.51. The number of alkyl halides is 3. The summed E-state index contributed by atoms with van der Waals surface area (Å²) in [7, 11) is 2.31. The normalized spacial score (nSPS) is 9.30. The van der Waals surface area contributed by atoms with E-state index in [0.29, 0.717) is 31.6 Å². The maximum atomic E-state index is 12.5. The standard InChI is InChI=1S/C11H14ClF2NO.C2H6.CH3F/c1-7-5-8(11(13)14)9(12)6-10(7)16-4-3-15-2;2*1-2/h5-6,11,15H,3-4H2,1-2H3;1-2H3;1H3. The summed E-state index contributed by atoms with van der Waals surface area (Å²) in [5, 5.41) is 2.97. The van der Waals surface area contributed by atoms with Gasteiger partial charge in [-0.25, -0.2) is 8.78 Å². The van der Waals surface area contributed by atoms with E-state index in [1.807, 2.05) is 20.9 Å². The number of likely N-dealkylation sites (N-methyl/N-ethyl adjacent to an activating group) is 1. The van der Waals surface area contributed by atoms with Gasteiger partial charge in [-0.2, -0.15) is 0 Å². The number of rotatable bonds is 5. The molecule has 1 N–H and O–H groups in total. The van der Waals surface area contributed by atoms with Gasteiger partial charge in [-0.3, -0.25) is 4.39 Å². The molecule has 0 bridgehead atoms. The van der Waals surface area contributed by atoms with Crippen molar-refractivity contribution in [2.24, 2.45) is 0 Å². The summed E-state index contributed by atoms with van der Waals surface area (Å²) in [6, 6.07) is 2.80. The van der Waals surface area contributed by atoms with Crippen LogP contribution in [0.3, 0.4) is 0 Å². The Morgan fingerprint density at radius 2 is 1.80 bits per heavy atom. The van der Waals surface area contributed by atoms with Gasteiger partial charge in [-0.05, 0) is 31.7 Å². The highest BCUT2D eigenvalue weighted by Gasteiger charge is 2.14. The van der Waals surface area contributed by atoms with Crippen LogP contribution in [-0.2, 0) is 0 Å². The van der Waals surface area contributed by atoms with Crippen molar-refractivity contribution in [2.45, 2.75) is 27.2 Å². The molecule has 0 radical (unpaired) electrons. The molecule has 0 aliphatic carbocycles. The van der Waals surface area contributed by atoms with Crippen LogP contribution < -0.4 is 10.1 Å². The van der Waals surface area contributed by atoms with E-state index in [9.17, 15) is 13.2 Å². The lowest BCUT2D eigenvalue weighted by Gasteiger charge is -2.12. The summed E-state index contributed by atoms with van der Waals surface area (Å²) in [5.74, 6) is 0.546. The van der Waals surface area contributed by atoms with Crippen molar-refractivity contribution in [3.05, 3.63) is 28.3 Å². The van der Waals surface area contributed by atoms with E-state index in [-0.39, 0.29) is 10.6 Å². The molecule has 0 aliphatic heterocycles. The maximum absolute atomic E-state index is 12.5. The largest absolute Gasteiger partial charge is 0.492 e. The zero-order chi connectivity index (χ0) is 16.1. The average Bonchev–Trinajstić information content (AvgIpc) is 2.46. The molecule has 0 aromatic heterocycles. The Hall–Kier alpha value is -0.940. The van der Waals surface area contributed by atoms with Gasteiger partial charge in [-0.1, -0.05) is 25.4 Å². The van der Waals surface area contributed by atoms with Gasteiger partial charge in [0.05, 0.1) is 12.2 Å². The Bertz CT molecular complexity index is 363. The van der Waals surface area contributed by atoms with Crippen molar-refractivity contribution in [3.8, 4) is 5.75 Å². The van der Waals surface area contributed by atoms with Crippen molar-refractivity contribution in [2.75, 3.05) is 27.4 Å². The molecule has 20 heavy (non-hydrogen) atoms. The zero-order valence-electron chi connectivity index (χ0n) is 12.6. The van der Waals surface area contributed by atoms with E-state index in [1.165, 1.54) is 12.1 Å². The minimum atomic E-state index is -2.56. The van der Waals surface area contributed by atoms with Crippen LogP contribution in [0.1, 0.15) is 31.4 Å². The second kappa shape index (κ2) is 13.1. The van der Waals surface area contributed by atoms with E-state index in [1.54, 1.807) is 6.92 Å². The van der Waals surface area contributed by atoms with Crippen molar-refractivity contribution in [1.29, 1.82) is 0 Å². The third kappa shape index (κ3) is 7.60. The van der Waals surface area contributed by atoms with Gasteiger partial charge in [-0.15, -0.1) is 0 Å². The first-order valence-electron chi connectivity index (χ1n) is 6.29. The predicted octanol–water partition coefficient (Wildman–Crippen LogP) is 4.80. The van der Waals surface area contributed by atoms with Crippen molar-refractivity contribution in [3.63, 3.8) is 0 Å². The molecule has 0 heterocycles. The highest BCUT2D eigenvalue weighted by Crippen LogP contribution is 2.32. The first kappa shape index (κ1) is 21.4. The quantitative estimate of drug-likeness (QED) is 0.789. The minimum Gasteiger partial charge on any atom is -0.492 e. The smallest absolute Gasteiger partial charge is 0.265 e. The van der Waals surface area contributed by atoms with Gasteiger partial charge in [0, 0.05) is 12.1 Å². The number of hydrogen-bond donors (Lipinski definition) is 1. The van der Waals surface area contributed by atoms with Crippen LogP contribution in [-0.4, -0.2) is 27.4 Å². The van der Waals surface area contributed by atoms with Gasteiger partial charge in [0.25, 0.3) is 6.43 Å². The molecule has 1 rings (SSSR count). The molecular weight excluding hydrogens is 291 g/mol. The van der Waals surface area contributed by atoms with E-state index in [0.717, 1.165) is 0 Å². The lowest BCUT2D eigenvalue weighted by atomic mass is 10.1. The highest BCUT2D eigenvalue weighted by atomic mass is 35.5. The van der Waals surface area contributed by atoms with Crippen molar-refractivity contribution < 1.29 is 17.9 Å². The number of aryl methyl sites for hydroxylation is 1. The molecule has 0 amide bonds. The molecule has 0 saturated heterocycles. The lowest BCUT2D eigenvalue weighted by molar-refractivity contribution is 0.151. The van der Waals surface area contributed by atoms with Gasteiger partial charge in [0.1, 0.15) is 12.4 Å². The molecule has 2 nitrogen and oxygen atoms in total. The molecule has 0 saturated carbocycles. The summed E-state index contributed by atoms with van der Waals surface area (Å²) < 4.78 is 39.9.